The van der Waals surface area contributed by atoms with Crippen LogP contribution in [0.15, 0.2) is 48.7 Å². The molecule has 0 radical (unpaired) electrons. The van der Waals surface area contributed by atoms with Crippen molar-refractivity contribution in [2.75, 3.05) is 10.2 Å². The zero-order valence-electron chi connectivity index (χ0n) is 18.4. The minimum Gasteiger partial charge on any atom is -0.362 e. The molecule has 3 N–H and O–H groups in total. The van der Waals surface area contributed by atoms with Crippen molar-refractivity contribution in [3.8, 4) is 0 Å². The molecule has 4 rings (SSSR count). The fourth-order valence-electron chi connectivity index (χ4n) is 4.03. The fourth-order valence-corrected chi connectivity index (χ4v) is 4.60. The Labute approximate surface area is 198 Å². The van der Waals surface area contributed by atoms with Crippen LogP contribution in [0.1, 0.15) is 48.6 Å². The topological polar surface area (TPSA) is 73.1 Å². The lowest BCUT2D eigenvalue weighted by Gasteiger charge is -2.28. The summed E-state index contributed by atoms with van der Waals surface area (Å²) in [6.45, 7) is 7.79. The molecule has 1 aromatic carbocycles. The molecule has 2 aromatic heterocycles. The third-order valence-electron chi connectivity index (χ3n) is 5.62. The van der Waals surface area contributed by atoms with Crippen molar-refractivity contribution in [2.24, 2.45) is 5.92 Å². The highest BCUT2D eigenvalue weighted by molar-refractivity contribution is 7.80. The molecule has 0 unspecified atom stereocenters. The molecule has 1 aliphatic rings. The number of carbonyl (C=O) groups is 1. The Kier molecular flexibility index (Phi) is 6.22. The SMILES string of the molecule is Cc1cc([C@H]2[C@@H](c3ccccn3)NC(=S)N2c2ccc(NC(=O)C(C)C)c(Cl)c2)c(C)[nH]1. The summed E-state index contributed by atoms with van der Waals surface area (Å²) in [5.41, 5.74) is 5.64. The number of thiocarbonyl (C=S) groups is 1. The van der Waals surface area contributed by atoms with Gasteiger partial charge in [-0.1, -0.05) is 31.5 Å². The van der Waals surface area contributed by atoms with Crippen LogP contribution < -0.4 is 15.5 Å². The molecule has 0 saturated carbocycles. The van der Waals surface area contributed by atoms with Crippen LogP contribution in [0.2, 0.25) is 5.02 Å². The number of hydrogen-bond donors (Lipinski definition) is 3. The highest BCUT2D eigenvalue weighted by atomic mass is 35.5. The second-order valence-electron chi connectivity index (χ2n) is 8.34. The second kappa shape index (κ2) is 8.92. The molecule has 6 nitrogen and oxygen atoms in total. The highest BCUT2D eigenvalue weighted by Crippen LogP contribution is 2.43. The molecule has 166 valence electrons. The Hall–Kier alpha value is -2.90. The first kappa shape index (κ1) is 22.3. The van der Waals surface area contributed by atoms with Crippen molar-refractivity contribution in [2.45, 2.75) is 39.8 Å². The molecule has 8 heteroatoms. The third-order valence-corrected chi connectivity index (χ3v) is 6.25. The summed E-state index contributed by atoms with van der Waals surface area (Å²) in [5, 5.41) is 7.38. The van der Waals surface area contributed by atoms with E-state index in [-0.39, 0.29) is 23.9 Å². The molecular weight excluding hydrogens is 442 g/mol. The van der Waals surface area contributed by atoms with Crippen LogP contribution in [-0.2, 0) is 4.79 Å². The van der Waals surface area contributed by atoms with Crippen LogP contribution in [-0.4, -0.2) is 21.0 Å². The van der Waals surface area contributed by atoms with Crippen molar-refractivity contribution < 1.29 is 4.79 Å². The molecule has 0 aliphatic carbocycles. The van der Waals surface area contributed by atoms with E-state index in [1.54, 1.807) is 6.20 Å². The number of aryl methyl sites for hydroxylation is 2. The van der Waals surface area contributed by atoms with Gasteiger partial charge in [-0.2, -0.15) is 0 Å². The number of aromatic amines is 1. The summed E-state index contributed by atoms with van der Waals surface area (Å²) in [6.07, 6.45) is 1.79. The van der Waals surface area contributed by atoms with Gasteiger partial charge in [0.05, 0.1) is 28.5 Å². The van der Waals surface area contributed by atoms with Crippen LogP contribution in [0.3, 0.4) is 0 Å². The number of benzene rings is 1. The predicted octanol–water partition coefficient (Wildman–Crippen LogP) is 5.45. The van der Waals surface area contributed by atoms with Gasteiger partial charge in [-0.05, 0) is 68.0 Å². The third kappa shape index (κ3) is 4.23. The Morgan fingerprint density at radius 1 is 1.22 bits per heavy atom. The molecule has 1 saturated heterocycles. The highest BCUT2D eigenvalue weighted by Gasteiger charge is 2.41. The molecule has 32 heavy (non-hydrogen) atoms. The summed E-state index contributed by atoms with van der Waals surface area (Å²) in [6, 6.07) is 13.4. The number of amides is 1. The number of rotatable bonds is 5. The van der Waals surface area contributed by atoms with Gasteiger partial charge in [-0.25, -0.2) is 0 Å². The van der Waals surface area contributed by atoms with Crippen molar-refractivity contribution in [1.29, 1.82) is 0 Å². The zero-order valence-corrected chi connectivity index (χ0v) is 20.0. The maximum Gasteiger partial charge on any atom is 0.226 e. The Balaban J connectivity index is 1.76. The van der Waals surface area contributed by atoms with E-state index in [2.05, 4.69) is 38.5 Å². The number of carbonyl (C=O) groups excluding carboxylic acids is 1. The van der Waals surface area contributed by atoms with Crippen LogP contribution in [0, 0.1) is 19.8 Å². The molecule has 1 aliphatic heterocycles. The monoisotopic (exact) mass is 467 g/mol. The van der Waals surface area contributed by atoms with Gasteiger partial charge >= 0.3 is 0 Å². The normalized spacial score (nSPS) is 18.2. The number of nitrogens with one attached hydrogen (secondary N) is 3. The molecule has 1 fully saturated rings. The van der Waals surface area contributed by atoms with Gasteiger partial charge in [-0.15, -0.1) is 0 Å². The molecule has 0 bridgehead atoms. The molecule has 3 aromatic rings. The zero-order chi connectivity index (χ0) is 23.0. The van der Waals surface area contributed by atoms with Crippen LogP contribution in [0.5, 0.6) is 0 Å². The van der Waals surface area contributed by atoms with Crippen molar-refractivity contribution in [1.82, 2.24) is 15.3 Å². The standard InChI is InChI=1S/C24H26ClN5OS/c1-13(2)23(31)28-19-9-8-16(12-18(19)25)30-22(17-11-14(3)27-15(17)4)21(29-24(30)32)20-7-5-6-10-26-20/h5-13,21-22,27H,1-4H3,(H,28,31)(H,29,32)/t21-,22+/m1/s1. The van der Waals surface area contributed by atoms with E-state index in [1.807, 2.05) is 57.2 Å². The lowest BCUT2D eigenvalue weighted by molar-refractivity contribution is -0.118. The van der Waals surface area contributed by atoms with E-state index in [4.69, 9.17) is 23.8 Å². The Morgan fingerprint density at radius 3 is 2.59 bits per heavy atom. The van der Waals surface area contributed by atoms with Crippen molar-refractivity contribution >= 4 is 46.2 Å². The van der Waals surface area contributed by atoms with Crippen LogP contribution >= 0.6 is 23.8 Å². The molecule has 3 heterocycles. The van der Waals surface area contributed by atoms with Crippen molar-refractivity contribution in [3.05, 3.63) is 76.3 Å². The van der Waals surface area contributed by atoms with E-state index in [0.29, 0.717) is 15.8 Å². The van der Waals surface area contributed by atoms with Gasteiger partial charge in [0.15, 0.2) is 5.11 Å². The fraction of sp³-hybridized carbons (Fsp3) is 0.292. The van der Waals surface area contributed by atoms with E-state index in [9.17, 15) is 4.79 Å². The number of H-pyrrole nitrogens is 1. The average molecular weight is 468 g/mol. The smallest absolute Gasteiger partial charge is 0.226 e. The van der Waals surface area contributed by atoms with E-state index in [0.717, 1.165) is 28.3 Å². The van der Waals surface area contributed by atoms with Gasteiger partial charge in [0, 0.05) is 29.2 Å². The number of nitrogens with zero attached hydrogens (tertiary/aromatic N) is 2. The lowest BCUT2D eigenvalue weighted by atomic mass is 9.96. The summed E-state index contributed by atoms with van der Waals surface area (Å²) in [5.74, 6) is -0.214. The quantitative estimate of drug-likeness (QED) is 0.435. The minimum absolute atomic E-state index is 0.0791. The number of anilines is 2. The number of hydrogen-bond acceptors (Lipinski definition) is 3. The minimum atomic E-state index is -0.135. The van der Waals surface area contributed by atoms with Crippen molar-refractivity contribution in [3.63, 3.8) is 0 Å². The maximum atomic E-state index is 12.1. The second-order valence-corrected chi connectivity index (χ2v) is 9.13. The van der Waals surface area contributed by atoms with Crippen LogP contribution in [0.4, 0.5) is 11.4 Å². The largest absolute Gasteiger partial charge is 0.362 e. The molecule has 0 spiro atoms. The van der Waals surface area contributed by atoms with Gasteiger partial charge in [0.1, 0.15) is 0 Å². The summed E-state index contributed by atoms with van der Waals surface area (Å²) >= 11 is 12.3. The first-order valence-electron chi connectivity index (χ1n) is 10.5. The van der Waals surface area contributed by atoms with Gasteiger partial charge in [0.25, 0.3) is 0 Å². The first-order chi connectivity index (χ1) is 15.3. The van der Waals surface area contributed by atoms with Gasteiger partial charge < -0.3 is 20.5 Å². The van der Waals surface area contributed by atoms with E-state index in [1.165, 1.54) is 0 Å². The average Bonchev–Trinajstić information content (AvgIpc) is 3.27. The van der Waals surface area contributed by atoms with Gasteiger partial charge in [0.2, 0.25) is 5.91 Å². The predicted molar refractivity (Wildman–Crippen MR) is 133 cm³/mol. The van der Waals surface area contributed by atoms with E-state index < -0.39 is 0 Å². The number of halogens is 1. The molecule has 1 amide bonds. The summed E-state index contributed by atoms with van der Waals surface area (Å²) in [4.78, 5) is 22.2. The summed E-state index contributed by atoms with van der Waals surface area (Å²) < 4.78 is 0. The lowest BCUT2D eigenvalue weighted by Crippen LogP contribution is -2.29. The maximum absolute atomic E-state index is 12.1. The number of pyridine rings is 1. The Morgan fingerprint density at radius 2 is 2.00 bits per heavy atom. The molecular formula is C24H26ClN5OS. The molecule has 2 atom stereocenters. The Bertz CT molecular complexity index is 1160. The van der Waals surface area contributed by atoms with E-state index >= 15 is 0 Å². The van der Waals surface area contributed by atoms with Gasteiger partial charge in [-0.3, -0.25) is 9.78 Å². The first-order valence-corrected chi connectivity index (χ1v) is 11.3. The summed E-state index contributed by atoms with van der Waals surface area (Å²) in [7, 11) is 0. The number of aromatic nitrogens is 2. The van der Waals surface area contributed by atoms with Crippen LogP contribution in [0.25, 0.3) is 0 Å².